The topological polar surface area (TPSA) is 75.1 Å². The van der Waals surface area contributed by atoms with Crippen LogP contribution in [0.2, 0.25) is 0 Å². The van der Waals surface area contributed by atoms with Crippen LogP contribution in [-0.2, 0) is 4.79 Å². The van der Waals surface area contributed by atoms with Crippen molar-refractivity contribution in [3.63, 3.8) is 0 Å². The molecule has 0 atom stereocenters. The van der Waals surface area contributed by atoms with Gasteiger partial charge in [0.1, 0.15) is 0 Å². The van der Waals surface area contributed by atoms with Gasteiger partial charge in [0.25, 0.3) is 0 Å². The van der Waals surface area contributed by atoms with E-state index < -0.39 is 17.9 Å². The van der Waals surface area contributed by atoms with Crippen molar-refractivity contribution >= 4 is 11.9 Å². The zero-order valence-electron chi connectivity index (χ0n) is 7.00. The minimum absolute atomic E-state index is 0.0121. The summed E-state index contributed by atoms with van der Waals surface area (Å²) in [6, 6.07) is 0.530. The maximum Gasteiger partial charge on any atom is 0.305 e. The molecule has 0 aliphatic rings. The van der Waals surface area contributed by atoms with Gasteiger partial charge in [0.05, 0.1) is 6.42 Å². The summed E-state index contributed by atoms with van der Waals surface area (Å²) in [7, 11) is 0. The Bertz CT molecular complexity index is 325. The Morgan fingerprint density at radius 1 is 1.43 bits per heavy atom. The first-order valence-corrected chi connectivity index (χ1v) is 3.73. The lowest BCUT2D eigenvalue weighted by atomic mass is 10.4. The van der Waals surface area contributed by atoms with Crippen molar-refractivity contribution in [3.8, 4) is 0 Å². The predicted octanol–water partition coefficient (Wildman–Crippen LogP) is 0.641. The van der Waals surface area contributed by atoms with Crippen LogP contribution in [0, 0.1) is 11.9 Å². The molecular formula is C7H7F2N3O2. The molecule has 0 fully saturated rings. The van der Waals surface area contributed by atoms with Crippen LogP contribution in [0.5, 0.6) is 0 Å². The first-order valence-electron chi connectivity index (χ1n) is 3.73. The van der Waals surface area contributed by atoms with Gasteiger partial charge in [0.15, 0.2) is 0 Å². The largest absolute Gasteiger partial charge is 0.481 e. The number of hydrogen-bond acceptors (Lipinski definition) is 4. The van der Waals surface area contributed by atoms with Gasteiger partial charge in [-0.05, 0) is 0 Å². The lowest BCUT2D eigenvalue weighted by Gasteiger charge is -2.01. The van der Waals surface area contributed by atoms with E-state index in [2.05, 4.69) is 15.3 Å². The molecule has 0 aliphatic carbocycles. The van der Waals surface area contributed by atoms with Gasteiger partial charge in [-0.15, -0.1) is 0 Å². The summed E-state index contributed by atoms with van der Waals surface area (Å²) in [5.74, 6) is -3.29. The first-order chi connectivity index (χ1) is 6.58. The van der Waals surface area contributed by atoms with Gasteiger partial charge in [-0.1, -0.05) is 0 Å². The maximum absolute atomic E-state index is 12.5. The van der Waals surface area contributed by atoms with Crippen LogP contribution >= 0.6 is 0 Å². The van der Waals surface area contributed by atoms with Crippen molar-refractivity contribution in [1.82, 2.24) is 9.97 Å². The van der Waals surface area contributed by atoms with Crippen LogP contribution in [0.1, 0.15) is 6.42 Å². The zero-order chi connectivity index (χ0) is 10.6. The highest BCUT2D eigenvalue weighted by atomic mass is 19.1. The summed E-state index contributed by atoms with van der Waals surface area (Å²) in [5, 5.41) is 10.6. The molecule has 0 unspecified atom stereocenters. The van der Waals surface area contributed by atoms with E-state index in [-0.39, 0.29) is 18.9 Å². The van der Waals surface area contributed by atoms with Crippen molar-refractivity contribution in [2.45, 2.75) is 6.42 Å². The Balaban J connectivity index is 2.54. The molecule has 5 nitrogen and oxygen atoms in total. The highest BCUT2D eigenvalue weighted by molar-refractivity contribution is 5.67. The second kappa shape index (κ2) is 4.45. The van der Waals surface area contributed by atoms with Crippen LogP contribution in [0.3, 0.4) is 0 Å². The number of carbonyl (C=O) groups is 1. The van der Waals surface area contributed by atoms with E-state index in [1.807, 2.05) is 0 Å². The number of aliphatic carboxylic acids is 1. The van der Waals surface area contributed by atoms with E-state index in [9.17, 15) is 13.6 Å². The van der Waals surface area contributed by atoms with E-state index in [1.54, 1.807) is 0 Å². The summed E-state index contributed by atoms with van der Waals surface area (Å²) in [6.07, 6.45) is -0.179. The third kappa shape index (κ3) is 3.30. The second-order valence-corrected chi connectivity index (χ2v) is 2.41. The third-order valence-electron chi connectivity index (χ3n) is 1.29. The third-order valence-corrected chi connectivity index (χ3v) is 1.29. The van der Waals surface area contributed by atoms with Crippen molar-refractivity contribution in [3.05, 3.63) is 18.0 Å². The molecule has 1 aromatic rings. The van der Waals surface area contributed by atoms with Crippen LogP contribution < -0.4 is 5.32 Å². The molecule has 1 heterocycles. The average Bonchev–Trinajstić information content (AvgIpc) is 2.01. The van der Waals surface area contributed by atoms with E-state index in [1.165, 1.54) is 0 Å². The number of nitrogens with one attached hydrogen (secondary N) is 1. The predicted molar refractivity (Wildman–Crippen MR) is 42.7 cm³/mol. The molecule has 76 valence electrons. The summed E-state index contributed by atoms with van der Waals surface area (Å²) in [6.45, 7) is 0.0121. The molecule has 0 amide bonds. The fraction of sp³-hybridized carbons (Fsp3) is 0.286. The van der Waals surface area contributed by atoms with Gasteiger partial charge in [-0.3, -0.25) is 4.79 Å². The summed E-state index contributed by atoms with van der Waals surface area (Å²) >= 11 is 0. The molecule has 0 spiro atoms. The van der Waals surface area contributed by atoms with Crippen molar-refractivity contribution in [1.29, 1.82) is 0 Å². The van der Waals surface area contributed by atoms with Gasteiger partial charge in [-0.25, -0.2) is 0 Å². The Labute approximate surface area is 77.8 Å². The highest BCUT2D eigenvalue weighted by Crippen LogP contribution is 2.02. The SMILES string of the molecule is O=C(O)CCNc1nc(F)cc(F)n1. The molecule has 1 aromatic heterocycles. The second-order valence-electron chi connectivity index (χ2n) is 2.41. The molecule has 14 heavy (non-hydrogen) atoms. The van der Waals surface area contributed by atoms with Crippen molar-refractivity contribution in [2.24, 2.45) is 0 Å². The standard InChI is InChI=1S/C7H7F2N3O2/c8-4-3-5(9)12-7(11-4)10-2-1-6(13)14/h3H,1-2H2,(H,13,14)(H,10,11,12). The summed E-state index contributed by atoms with van der Waals surface area (Å²) < 4.78 is 24.9. The fourth-order valence-corrected chi connectivity index (χ4v) is 0.750. The number of aromatic nitrogens is 2. The monoisotopic (exact) mass is 203 g/mol. The Morgan fingerprint density at radius 3 is 2.50 bits per heavy atom. The molecule has 1 rings (SSSR count). The fourth-order valence-electron chi connectivity index (χ4n) is 0.750. The van der Waals surface area contributed by atoms with Crippen LogP contribution in [0.25, 0.3) is 0 Å². The molecule has 0 saturated heterocycles. The van der Waals surface area contributed by atoms with Crippen LogP contribution in [0.15, 0.2) is 6.07 Å². The number of nitrogens with zero attached hydrogens (tertiary/aromatic N) is 2. The van der Waals surface area contributed by atoms with E-state index in [0.29, 0.717) is 6.07 Å². The summed E-state index contributed by atoms with van der Waals surface area (Å²) in [5.41, 5.74) is 0. The van der Waals surface area contributed by atoms with E-state index in [0.717, 1.165) is 0 Å². The molecule has 0 bridgehead atoms. The molecule has 0 aromatic carbocycles. The minimum Gasteiger partial charge on any atom is -0.481 e. The van der Waals surface area contributed by atoms with Gasteiger partial charge in [0.2, 0.25) is 17.8 Å². The van der Waals surface area contributed by atoms with Gasteiger partial charge < -0.3 is 10.4 Å². The number of carboxylic acids is 1. The molecular weight excluding hydrogens is 196 g/mol. The normalized spacial score (nSPS) is 9.86. The van der Waals surface area contributed by atoms with Gasteiger partial charge in [0, 0.05) is 12.6 Å². The molecule has 0 saturated carbocycles. The number of hydrogen-bond donors (Lipinski definition) is 2. The molecule has 7 heteroatoms. The number of carboxylic acid groups (broad SMARTS) is 1. The maximum atomic E-state index is 12.5. The minimum atomic E-state index is -1.02. The van der Waals surface area contributed by atoms with Crippen LogP contribution in [-0.4, -0.2) is 27.6 Å². The van der Waals surface area contributed by atoms with Crippen LogP contribution in [0.4, 0.5) is 14.7 Å². The highest BCUT2D eigenvalue weighted by Gasteiger charge is 2.03. The molecule has 0 radical (unpaired) electrons. The average molecular weight is 203 g/mol. The Morgan fingerprint density at radius 2 is 2.00 bits per heavy atom. The lowest BCUT2D eigenvalue weighted by Crippen LogP contribution is -2.11. The number of halogens is 2. The van der Waals surface area contributed by atoms with Crippen molar-refractivity contribution < 1.29 is 18.7 Å². The van der Waals surface area contributed by atoms with E-state index in [4.69, 9.17) is 5.11 Å². The van der Waals surface area contributed by atoms with Gasteiger partial charge >= 0.3 is 5.97 Å². The quantitative estimate of drug-likeness (QED) is 0.702. The summed E-state index contributed by atoms with van der Waals surface area (Å²) in [4.78, 5) is 16.5. The molecule has 0 aliphatic heterocycles. The van der Waals surface area contributed by atoms with E-state index >= 15 is 0 Å². The lowest BCUT2D eigenvalue weighted by molar-refractivity contribution is -0.136. The molecule has 2 N–H and O–H groups in total. The Kier molecular flexibility index (Phi) is 3.27. The zero-order valence-corrected chi connectivity index (χ0v) is 7.00. The van der Waals surface area contributed by atoms with Crippen molar-refractivity contribution in [2.75, 3.05) is 11.9 Å². The first kappa shape index (κ1) is 10.3. The van der Waals surface area contributed by atoms with Gasteiger partial charge in [-0.2, -0.15) is 18.7 Å². The number of rotatable bonds is 4. The Hall–Kier alpha value is -1.79. The number of anilines is 1. The smallest absolute Gasteiger partial charge is 0.305 e.